The number of carbonyl (C=O) groups is 1. The molecule has 0 N–H and O–H groups in total. The van der Waals surface area contributed by atoms with Crippen molar-refractivity contribution in [2.24, 2.45) is 11.8 Å². The Morgan fingerprint density at radius 3 is 2.67 bits per heavy atom. The van der Waals surface area contributed by atoms with E-state index in [0.717, 1.165) is 25.9 Å². The van der Waals surface area contributed by atoms with Crippen LogP contribution in [0.1, 0.15) is 52.4 Å². The molecule has 0 heterocycles. The van der Waals surface area contributed by atoms with Crippen molar-refractivity contribution in [1.82, 2.24) is 0 Å². The van der Waals surface area contributed by atoms with E-state index in [1.165, 1.54) is 19.3 Å². The van der Waals surface area contributed by atoms with Crippen molar-refractivity contribution in [1.29, 1.82) is 0 Å². The van der Waals surface area contributed by atoms with Gasteiger partial charge in [0.05, 0.1) is 0 Å². The number of hydrogen-bond donors (Lipinski definition) is 0. The molecule has 0 aromatic heterocycles. The van der Waals surface area contributed by atoms with Crippen molar-refractivity contribution in [2.75, 3.05) is 13.2 Å². The summed E-state index contributed by atoms with van der Waals surface area (Å²) >= 11 is 0. The normalized spacial score (nSPS) is 26.5. The Balaban J connectivity index is 2.34. The van der Waals surface area contributed by atoms with Crippen LogP contribution in [0.4, 0.5) is 0 Å². The molecule has 0 saturated heterocycles. The van der Waals surface area contributed by atoms with Gasteiger partial charge in [-0.15, -0.1) is 0 Å². The molecule has 2 atom stereocenters. The van der Waals surface area contributed by atoms with Crippen molar-refractivity contribution in [2.45, 2.75) is 52.4 Å². The molecule has 0 amide bonds. The molecule has 0 radical (unpaired) electrons. The van der Waals surface area contributed by atoms with Crippen LogP contribution in [0.25, 0.3) is 0 Å². The molecule has 15 heavy (non-hydrogen) atoms. The highest BCUT2D eigenvalue weighted by Crippen LogP contribution is 2.32. The highest BCUT2D eigenvalue weighted by molar-refractivity contribution is 5.82. The molecule has 1 fully saturated rings. The van der Waals surface area contributed by atoms with Gasteiger partial charge < -0.3 is 4.74 Å². The standard InChI is InChI=1S/C13H24O2/c1-3-9-15-10-13(14)12-8-6-5-7-11(12)4-2/h11-12H,3-10H2,1-2H3. The smallest absolute Gasteiger partial charge is 0.161 e. The van der Waals surface area contributed by atoms with E-state index in [0.29, 0.717) is 24.2 Å². The molecule has 88 valence electrons. The predicted octanol–water partition coefficient (Wildman–Crippen LogP) is 3.20. The summed E-state index contributed by atoms with van der Waals surface area (Å²) < 4.78 is 5.34. The second-order valence-electron chi connectivity index (χ2n) is 4.58. The van der Waals surface area contributed by atoms with Crippen LogP contribution in [0.5, 0.6) is 0 Å². The van der Waals surface area contributed by atoms with Crippen molar-refractivity contribution in [3.63, 3.8) is 0 Å². The van der Waals surface area contributed by atoms with Crippen molar-refractivity contribution < 1.29 is 9.53 Å². The Hall–Kier alpha value is -0.370. The van der Waals surface area contributed by atoms with Gasteiger partial charge >= 0.3 is 0 Å². The van der Waals surface area contributed by atoms with Gasteiger partial charge in [0.15, 0.2) is 5.78 Å². The minimum Gasteiger partial charge on any atom is -0.374 e. The van der Waals surface area contributed by atoms with E-state index >= 15 is 0 Å². The van der Waals surface area contributed by atoms with Crippen LogP contribution >= 0.6 is 0 Å². The minimum atomic E-state index is 0.292. The summed E-state index contributed by atoms with van der Waals surface area (Å²) in [5.41, 5.74) is 0. The highest BCUT2D eigenvalue weighted by atomic mass is 16.5. The van der Waals surface area contributed by atoms with E-state index in [1.54, 1.807) is 0 Å². The number of rotatable bonds is 6. The molecule has 1 rings (SSSR count). The zero-order valence-corrected chi connectivity index (χ0v) is 10.1. The molecule has 0 aliphatic heterocycles. The van der Waals surface area contributed by atoms with Crippen LogP contribution in [0.3, 0.4) is 0 Å². The fourth-order valence-electron chi connectivity index (χ4n) is 2.54. The molecule has 0 aromatic carbocycles. The van der Waals surface area contributed by atoms with Crippen LogP contribution in [-0.2, 0) is 9.53 Å². The maximum atomic E-state index is 11.9. The molecular weight excluding hydrogens is 188 g/mol. The largest absolute Gasteiger partial charge is 0.374 e. The number of ketones is 1. The van der Waals surface area contributed by atoms with E-state index in [9.17, 15) is 4.79 Å². The SMILES string of the molecule is CCCOCC(=O)C1CCCCC1CC. The summed E-state index contributed by atoms with van der Waals surface area (Å²) in [6, 6.07) is 0. The number of ether oxygens (including phenoxy) is 1. The first-order chi connectivity index (χ1) is 7.29. The van der Waals surface area contributed by atoms with E-state index < -0.39 is 0 Å². The lowest BCUT2D eigenvalue weighted by Crippen LogP contribution is -2.29. The van der Waals surface area contributed by atoms with E-state index in [4.69, 9.17) is 4.74 Å². The average molecular weight is 212 g/mol. The Kier molecular flexibility index (Phi) is 5.92. The molecule has 0 aromatic rings. The van der Waals surface area contributed by atoms with E-state index in [-0.39, 0.29) is 0 Å². The zero-order valence-electron chi connectivity index (χ0n) is 10.1. The van der Waals surface area contributed by atoms with Crippen LogP contribution in [-0.4, -0.2) is 19.0 Å². The maximum Gasteiger partial charge on any atom is 0.161 e. The summed E-state index contributed by atoms with van der Waals surface area (Å²) in [5, 5.41) is 0. The summed E-state index contributed by atoms with van der Waals surface area (Å²) in [5.74, 6) is 1.26. The van der Waals surface area contributed by atoms with Crippen LogP contribution in [0.15, 0.2) is 0 Å². The molecular formula is C13H24O2. The third kappa shape index (κ3) is 3.94. The van der Waals surface area contributed by atoms with Crippen molar-refractivity contribution >= 4 is 5.78 Å². The van der Waals surface area contributed by atoms with Crippen molar-refractivity contribution in [3.8, 4) is 0 Å². The second kappa shape index (κ2) is 7.00. The van der Waals surface area contributed by atoms with Gasteiger partial charge in [-0.3, -0.25) is 4.79 Å². The Morgan fingerprint density at radius 2 is 2.00 bits per heavy atom. The van der Waals surface area contributed by atoms with Gasteiger partial charge in [0.25, 0.3) is 0 Å². The third-order valence-corrected chi connectivity index (χ3v) is 3.44. The van der Waals surface area contributed by atoms with E-state index in [2.05, 4.69) is 13.8 Å². The zero-order chi connectivity index (χ0) is 11.1. The Labute approximate surface area is 93.4 Å². The molecule has 1 saturated carbocycles. The average Bonchev–Trinajstić information content (AvgIpc) is 2.29. The molecule has 1 aliphatic carbocycles. The summed E-state index contributed by atoms with van der Waals surface area (Å²) in [6.45, 7) is 5.33. The van der Waals surface area contributed by atoms with Crippen LogP contribution in [0, 0.1) is 11.8 Å². The quantitative estimate of drug-likeness (QED) is 0.632. The Bertz CT molecular complexity index is 189. The topological polar surface area (TPSA) is 26.3 Å². The van der Waals surface area contributed by atoms with Gasteiger partial charge in [0, 0.05) is 12.5 Å². The van der Waals surface area contributed by atoms with Gasteiger partial charge in [-0.1, -0.05) is 33.1 Å². The maximum absolute atomic E-state index is 11.9. The van der Waals surface area contributed by atoms with Gasteiger partial charge in [-0.2, -0.15) is 0 Å². The van der Waals surface area contributed by atoms with Crippen LogP contribution < -0.4 is 0 Å². The lowest BCUT2D eigenvalue weighted by atomic mass is 9.76. The highest BCUT2D eigenvalue weighted by Gasteiger charge is 2.29. The fourth-order valence-corrected chi connectivity index (χ4v) is 2.54. The Morgan fingerprint density at radius 1 is 1.27 bits per heavy atom. The molecule has 0 bridgehead atoms. The number of hydrogen-bond acceptors (Lipinski definition) is 2. The van der Waals surface area contributed by atoms with Gasteiger partial charge in [0.1, 0.15) is 6.61 Å². The first kappa shape index (κ1) is 12.7. The van der Waals surface area contributed by atoms with Gasteiger partial charge in [0.2, 0.25) is 0 Å². The summed E-state index contributed by atoms with van der Waals surface area (Å²) in [4.78, 5) is 11.9. The van der Waals surface area contributed by atoms with Crippen molar-refractivity contribution in [3.05, 3.63) is 0 Å². The lowest BCUT2D eigenvalue weighted by Gasteiger charge is -2.29. The molecule has 1 aliphatic rings. The lowest BCUT2D eigenvalue weighted by molar-refractivity contribution is -0.130. The predicted molar refractivity (Wildman–Crippen MR) is 61.9 cm³/mol. The minimum absolute atomic E-state index is 0.292. The van der Waals surface area contributed by atoms with E-state index in [1.807, 2.05) is 0 Å². The third-order valence-electron chi connectivity index (χ3n) is 3.44. The van der Waals surface area contributed by atoms with Gasteiger partial charge in [-0.05, 0) is 25.2 Å². The monoisotopic (exact) mass is 212 g/mol. The summed E-state index contributed by atoms with van der Waals surface area (Å²) in [7, 11) is 0. The molecule has 2 nitrogen and oxygen atoms in total. The number of Topliss-reactive ketones (excluding diaryl/α,β-unsaturated/α-hetero) is 1. The fraction of sp³-hybridized carbons (Fsp3) is 0.923. The molecule has 2 unspecified atom stereocenters. The second-order valence-corrected chi connectivity index (χ2v) is 4.58. The first-order valence-electron chi connectivity index (χ1n) is 6.40. The summed E-state index contributed by atoms with van der Waals surface area (Å²) in [6.07, 6.45) is 6.99. The first-order valence-corrected chi connectivity index (χ1v) is 6.40. The molecule has 0 spiro atoms. The molecule has 2 heteroatoms. The van der Waals surface area contributed by atoms with Crippen LogP contribution in [0.2, 0.25) is 0 Å². The number of carbonyl (C=O) groups excluding carboxylic acids is 1. The van der Waals surface area contributed by atoms with Gasteiger partial charge in [-0.25, -0.2) is 0 Å².